The number of amides is 1. The van der Waals surface area contributed by atoms with Crippen LogP contribution in [0.4, 0.5) is 0 Å². The van der Waals surface area contributed by atoms with E-state index in [0.717, 1.165) is 31.8 Å². The van der Waals surface area contributed by atoms with Gasteiger partial charge in [-0.15, -0.1) is 0 Å². The monoisotopic (exact) mass is 283 g/mol. The quantitative estimate of drug-likeness (QED) is 0.782. The maximum absolute atomic E-state index is 12.7. The molecule has 1 aliphatic carbocycles. The predicted octanol–water partition coefficient (Wildman–Crippen LogP) is 3.95. The van der Waals surface area contributed by atoms with Gasteiger partial charge in [-0.3, -0.25) is 4.79 Å². The molecule has 0 unspecified atom stereocenters. The van der Waals surface area contributed by atoms with E-state index in [-0.39, 0.29) is 0 Å². The Morgan fingerprint density at radius 1 is 1.21 bits per heavy atom. The summed E-state index contributed by atoms with van der Waals surface area (Å²) in [6.07, 6.45) is 8.61. The summed E-state index contributed by atoms with van der Waals surface area (Å²) in [5.74, 6) is 2.72. The summed E-state index contributed by atoms with van der Waals surface area (Å²) in [4.78, 5) is 14.9. The molecule has 0 N–H and O–H groups in total. The predicted molar refractivity (Wildman–Crippen MR) is 83.5 cm³/mol. The van der Waals surface area contributed by atoms with Crippen molar-refractivity contribution in [3.8, 4) is 0 Å². The van der Waals surface area contributed by atoms with Gasteiger partial charge in [0, 0.05) is 24.3 Å². The van der Waals surface area contributed by atoms with Crippen molar-refractivity contribution in [2.24, 2.45) is 11.8 Å². The number of thioether (sulfide) groups is 1. The standard InChI is InChI=1S/C16H29NOS/c1-3-19-15-9-4-5-10-17(12-15)16(18)14-8-6-7-13(2)11-14/h13-15H,3-12H2,1-2H3/t13-,14+,15-/m1/s1. The minimum absolute atomic E-state index is 0.328. The summed E-state index contributed by atoms with van der Waals surface area (Å²) < 4.78 is 0. The first-order valence-electron chi connectivity index (χ1n) is 8.11. The topological polar surface area (TPSA) is 20.3 Å². The molecule has 0 spiro atoms. The normalized spacial score (nSPS) is 32.9. The van der Waals surface area contributed by atoms with Crippen LogP contribution < -0.4 is 0 Å². The largest absolute Gasteiger partial charge is 0.341 e. The van der Waals surface area contributed by atoms with E-state index in [9.17, 15) is 4.79 Å². The Kier molecular flexibility index (Phi) is 6.06. The highest BCUT2D eigenvalue weighted by Gasteiger charge is 2.30. The van der Waals surface area contributed by atoms with Crippen molar-refractivity contribution in [2.45, 2.75) is 64.0 Å². The number of carbonyl (C=O) groups excluding carboxylic acids is 1. The molecule has 3 atom stereocenters. The fraction of sp³-hybridized carbons (Fsp3) is 0.938. The average molecular weight is 283 g/mol. The molecule has 0 aromatic rings. The minimum Gasteiger partial charge on any atom is -0.341 e. The summed E-state index contributed by atoms with van der Waals surface area (Å²) in [5, 5.41) is 0.678. The Morgan fingerprint density at radius 3 is 2.79 bits per heavy atom. The Hall–Kier alpha value is -0.180. The summed E-state index contributed by atoms with van der Waals surface area (Å²) >= 11 is 2.04. The van der Waals surface area contributed by atoms with Crippen LogP contribution in [-0.4, -0.2) is 34.9 Å². The molecule has 2 aliphatic rings. The summed E-state index contributed by atoms with van der Waals surface area (Å²) in [6.45, 7) is 6.54. The highest BCUT2D eigenvalue weighted by molar-refractivity contribution is 7.99. The molecule has 2 rings (SSSR count). The van der Waals surface area contributed by atoms with Crippen molar-refractivity contribution < 1.29 is 4.79 Å². The Labute approximate surface area is 122 Å². The molecule has 2 fully saturated rings. The fourth-order valence-electron chi connectivity index (χ4n) is 3.59. The Balaban J connectivity index is 1.92. The van der Waals surface area contributed by atoms with Gasteiger partial charge in [-0.1, -0.05) is 33.1 Å². The lowest BCUT2D eigenvalue weighted by Gasteiger charge is -2.32. The van der Waals surface area contributed by atoms with Gasteiger partial charge in [0.25, 0.3) is 0 Å². The minimum atomic E-state index is 0.328. The van der Waals surface area contributed by atoms with E-state index >= 15 is 0 Å². The van der Waals surface area contributed by atoms with Gasteiger partial charge >= 0.3 is 0 Å². The van der Waals surface area contributed by atoms with Crippen molar-refractivity contribution >= 4 is 17.7 Å². The maximum atomic E-state index is 12.7. The molecular weight excluding hydrogens is 254 g/mol. The van der Waals surface area contributed by atoms with Crippen LogP contribution in [0.5, 0.6) is 0 Å². The molecule has 3 heteroatoms. The number of likely N-dealkylation sites (tertiary alicyclic amines) is 1. The molecule has 1 heterocycles. The molecule has 0 aromatic carbocycles. The number of hydrogen-bond acceptors (Lipinski definition) is 2. The fourth-order valence-corrected chi connectivity index (χ4v) is 4.68. The Bertz CT molecular complexity index is 294. The first-order valence-corrected chi connectivity index (χ1v) is 9.16. The van der Waals surface area contributed by atoms with E-state index in [2.05, 4.69) is 18.7 Å². The smallest absolute Gasteiger partial charge is 0.225 e. The second-order valence-corrected chi connectivity index (χ2v) is 7.90. The van der Waals surface area contributed by atoms with Gasteiger partial charge in [-0.25, -0.2) is 0 Å². The highest BCUT2D eigenvalue weighted by Crippen LogP contribution is 2.31. The van der Waals surface area contributed by atoms with Gasteiger partial charge in [0.1, 0.15) is 0 Å². The number of hydrogen-bond donors (Lipinski definition) is 0. The molecule has 0 radical (unpaired) electrons. The van der Waals surface area contributed by atoms with Crippen LogP contribution in [0.3, 0.4) is 0 Å². The molecule has 19 heavy (non-hydrogen) atoms. The van der Waals surface area contributed by atoms with Crippen molar-refractivity contribution in [1.29, 1.82) is 0 Å². The molecule has 110 valence electrons. The van der Waals surface area contributed by atoms with Gasteiger partial charge in [-0.05, 0) is 37.4 Å². The lowest BCUT2D eigenvalue weighted by Crippen LogP contribution is -2.40. The van der Waals surface area contributed by atoms with Crippen molar-refractivity contribution in [3.05, 3.63) is 0 Å². The van der Waals surface area contributed by atoms with Crippen molar-refractivity contribution in [3.63, 3.8) is 0 Å². The SMILES string of the molecule is CCS[C@@H]1CCCCN(C(=O)[C@H]2CCC[C@@H](C)C2)C1. The van der Waals surface area contributed by atoms with Crippen LogP contribution in [0.25, 0.3) is 0 Å². The van der Waals surface area contributed by atoms with E-state index in [0.29, 0.717) is 17.1 Å². The van der Waals surface area contributed by atoms with E-state index in [1.807, 2.05) is 11.8 Å². The van der Waals surface area contributed by atoms with Gasteiger partial charge in [0.15, 0.2) is 0 Å². The maximum Gasteiger partial charge on any atom is 0.225 e. The number of rotatable bonds is 3. The summed E-state index contributed by atoms with van der Waals surface area (Å²) in [7, 11) is 0. The van der Waals surface area contributed by atoms with E-state index in [1.165, 1.54) is 37.9 Å². The molecule has 2 nitrogen and oxygen atoms in total. The van der Waals surface area contributed by atoms with Gasteiger partial charge in [-0.2, -0.15) is 11.8 Å². The third-order valence-electron chi connectivity index (χ3n) is 4.63. The molecule has 1 saturated heterocycles. The molecule has 0 aromatic heterocycles. The van der Waals surface area contributed by atoms with Crippen LogP contribution in [0, 0.1) is 11.8 Å². The first-order chi connectivity index (χ1) is 9.20. The van der Waals surface area contributed by atoms with Crippen molar-refractivity contribution in [1.82, 2.24) is 4.90 Å². The van der Waals surface area contributed by atoms with Gasteiger partial charge in [0.05, 0.1) is 0 Å². The van der Waals surface area contributed by atoms with Crippen LogP contribution in [0.2, 0.25) is 0 Å². The molecule has 1 aliphatic heterocycles. The summed E-state index contributed by atoms with van der Waals surface area (Å²) in [6, 6.07) is 0. The molecular formula is C16H29NOS. The average Bonchev–Trinajstić information content (AvgIpc) is 2.64. The zero-order chi connectivity index (χ0) is 13.7. The highest BCUT2D eigenvalue weighted by atomic mass is 32.2. The zero-order valence-corrected chi connectivity index (χ0v) is 13.4. The van der Waals surface area contributed by atoms with Gasteiger partial charge < -0.3 is 4.90 Å². The number of carbonyl (C=O) groups is 1. The lowest BCUT2D eigenvalue weighted by molar-refractivity contribution is -0.136. The third-order valence-corrected chi connectivity index (χ3v) is 5.82. The van der Waals surface area contributed by atoms with E-state index < -0.39 is 0 Å². The summed E-state index contributed by atoms with van der Waals surface area (Å²) in [5.41, 5.74) is 0. The third kappa shape index (κ3) is 4.40. The second-order valence-electron chi connectivity index (χ2n) is 6.33. The van der Waals surface area contributed by atoms with E-state index in [1.54, 1.807) is 0 Å². The van der Waals surface area contributed by atoms with Crippen LogP contribution in [0.1, 0.15) is 58.8 Å². The van der Waals surface area contributed by atoms with E-state index in [4.69, 9.17) is 0 Å². The van der Waals surface area contributed by atoms with Crippen molar-refractivity contribution in [2.75, 3.05) is 18.8 Å². The van der Waals surface area contributed by atoms with Crippen LogP contribution in [0.15, 0.2) is 0 Å². The molecule has 0 bridgehead atoms. The first kappa shape index (κ1) is 15.2. The molecule has 1 amide bonds. The number of nitrogens with zero attached hydrogens (tertiary/aromatic N) is 1. The second kappa shape index (κ2) is 7.56. The van der Waals surface area contributed by atoms with Crippen LogP contribution >= 0.6 is 11.8 Å². The zero-order valence-electron chi connectivity index (χ0n) is 12.6. The Morgan fingerprint density at radius 2 is 2.05 bits per heavy atom. The molecule has 1 saturated carbocycles. The van der Waals surface area contributed by atoms with Gasteiger partial charge in [0.2, 0.25) is 5.91 Å². The lowest BCUT2D eigenvalue weighted by atomic mass is 9.81. The van der Waals surface area contributed by atoms with Crippen LogP contribution in [-0.2, 0) is 4.79 Å².